The van der Waals surface area contributed by atoms with Crippen LogP contribution >= 0.6 is 0 Å². The van der Waals surface area contributed by atoms with E-state index in [4.69, 9.17) is 9.47 Å². The molecule has 1 heterocycles. The van der Waals surface area contributed by atoms with Crippen molar-refractivity contribution in [3.05, 3.63) is 70.9 Å². The van der Waals surface area contributed by atoms with Crippen molar-refractivity contribution < 1.29 is 22.6 Å². The van der Waals surface area contributed by atoms with Crippen molar-refractivity contribution in [3.8, 4) is 22.8 Å². The van der Waals surface area contributed by atoms with Crippen molar-refractivity contribution in [1.82, 2.24) is 10.2 Å². The highest BCUT2D eigenvalue weighted by Crippen LogP contribution is 2.37. The Kier molecular flexibility index (Phi) is 6.06. The molecule has 1 aromatic heterocycles. The Morgan fingerprint density at radius 1 is 0.897 bits per heavy atom. The van der Waals surface area contributed by atoms with Crippen LogP contribution < -0.4 is 9.47 Å². The van der Waals surface area contributed by atoms with Gasteiger partial charge in [-0.15, -0.1) is 5.10 Å². The van der Waals surface area contributed by atoms with Crippen LogP contribution in [0.5, 0.6) is 11.5 Å². The molecule has 0 radical (unpaired) electrons. The molecular weight excluding hydrogens is 381 g/mol. The summed E-state index contributed by atoms with van der Waals surface area (Å²) in [6.07, 6.45) is -2.98. The summed E-state index contributed by atoms with van der Waals surface area (Å²) in [5.41, 5.74) is 2.96. The summed E-state index contributed by atoms with van der Waals surface area (Å²) in [5.74, 6) is 0.913. The van der Waals surface area contributed by atoms with E-state index >= 15 is 0 Å². The van der Waals surface area contributed by atoms with E-state index in [-0.39, 0.29) is 5.75 Å². The van der Waals surface area contributed by atoms with Crippen LogP contribution in [-0.2, 0) is 19.0 Å². The molecule has 0 unspecified atom stereocenters. The number of methoxy groups -OCH3 is 2. The minimum Gasteiger partial charge on any atom is -0.497 e. The van der Waals surface area contributed by atoms with E-state index in [0.717, 1.165) is 41.1 Å². The Bertz CT molecular complexity index is 1000. The highest BCUT2D eigenvalue weighted by Gasteiger charge is 2.31. The van der Waals surface area contributed by atoms with Crippen LogP contribution in [0.15, 0.2) is 48.5 Å². The molecule has 2 aromatic carbocycles. The molecule has 0 atom stereocenters. The van der Waals surface area contributed by atoms with Gasteiger partial charge in [-0.2, -0.15) is 18.3 Å². The zero-order chi connectivity index (χ0) is 21.0. The van der Waals surface area contributed by atoms with Crippen molar-refractivity contribution in [1.29, 1.82) is 0 Å². The van der Waals surface area contributed by atoms with E-state index in [0.29, 0.717) is 17.7 Å². The van der Waals surface area contributed by atoms with Gasteiger partial charge in [0.25, 0.3) is 0 Å². The maximum atomic E-state index is 13.0. The minimum absolute atomic E-state index is 0.112. The third kappa shape index (κ3) is 4.85. The molecule has 3 aromatic rings. The minimum atomic E-state index is -4.43. The molecule has 152 valence electrons. The average molecular weight is 402 g/mol. The van der Waals surface area contributed by atoms with E-state index < -0.39 is 11.7 Å². The van der Waals surface area contributed by atoms with E-state index in [1.54, 1.807) is 7.11 Å². The lowest BCUT2D eigenvalue weighted by molar-refractivity contribution is -0.137. The molecule has 29 heavy (non-hydrogen) atoms. The first kappa shape index (κ1) is 20.6. The number of hydrogen-bond donors (Lipinski definition) is 0. The van der Waals surface area contributed by atoms with Gasteiger partial charge >= 0.3 is 6.18 Å². The summed E-state index contributed by atoms with van der Waals surface area (Å²) >= 11 is 0. The number of aromatic nitrogens is 2. The zero-order valence-electron chi connectivity index (χ0n) is 16.4. The molecule has 0 bridgehead atoms. The molecule has 4 nitrogen and oxygen atoms in total. The highest BCUT2D eigenvalue weighted by molar-refractivity contribution is 5.70. The van der Waals surface area contributed by atoms with Crippen LogP contribution in [0.2, 0.25) is 0 Å². The first-order chi connectivity index (χ1) is 13.8. The van der Waals surface area contributed by atoms with E-state index in [1.165, 1.54) is 13.2 Å². The van der Waals surface area contributed by atoms with E-state index in [2.05, 4.69) is 10.2 Å². The molecule has 0 spiro atoms. The fourth-order valence-electron chi connectivity index (χ4n) is 3.09. The second-order valence-corrected chi connectivity index (χ2v) is 6.63. The second kappa shape index (κ2) is 8.51. The summed E-state index contributed by atoms with van der Waals surface area (Å²) in [7, 11) is 2.96. The van der Waals surface area contributed by atoms with Crippen LogP contribution in [0.1, 0.15) is 22.4 Å². The fourth-order valence-corrected chi connectivity index (χ4v) is 3.09. The fraction of sp³-hybridized carbons (Fsp3) is 0.273. The van der Waals surface area contributed by atoms with Gasteiger partial charge in [0, 0.05) is 5.56 Å². The number of halogens is 3. The second-order valence-electron chi connectivity index (χ2n) is 6.63. The van der Waals surface area contributed by atoms with Crippen molar-refractivity contribution >= 4 is 0 Å². The van der Waals surface area contributed by atoms with Crippen molar-refractivity contribution in [2.75, 3.05) is 14.2 Å². The Hall–Kier alpha value is -3.09. The molecule has 0 saturated heterocycles. The monoisotopic (exact) mass is 402 g/mol. The smallest absolute Gasteiger partial charge is 0.416 e. The van der Waals surface area contributed by atoms with Gasteiger partial charge in [0.2, 0.25) is 0 Å². The number of aryl methyl sites for hydroxylation is 3. The number of benzene rings is 2. The van der Waals surface area contributed by atoms with E-state index in [9.17, 15) is 13.2 Å². The Morgan fingerprint density at radius 3 is 2.34 bits per heavy atom. The predicted octanol–water partition coefficient (Wildman–Crippen LogP) is 5.27. The van der Waals surface area contributed by atoms with Gasteiger partial charge < -0.3 is 9.47 Å². The molecule has 3 rings (SSSR count). The maximum Gasteiger partial charge on any atom is 0.416 e. The van der Waals surface area contributed by atoms with Crippen LogP contribution in [-0.4, -0.2) is 24.4 Å². The molecule has 0 aliphatic heterocycles. The molecule has 0 N–H and O–H groups in total. The normalized spacial score (nSPS) is 11.4. The highest BCUT2D eigenvalue weighted by atomic mass is 19.4. The number of ether oxygens (including phenoxy) is 2. The molecule has 0 fully saturated rings. The summed E-state index contributed by atoms with van der Waals surface area (Å²) < 4.78 is 49.3. The predicted molar refractivity (Wildman–Crippen MR) is 104 cm³/mol. The lowest BCUT2D eigenvalue weighted by atomic mass is 10.0. The van der Waals surface area contributed by atoms with E-state index in [1.807, 2.05) is 37.3 Å². The summed E-state index contributed by atoms with van der Waals surface area (Å²) in [6.45, 7) is 1.86. The van der Waals surface area contributed by atoms with Crippen LogP contribution in [0.3, 0.4) is 0 Å². The topological polar surface area (TPSA) is 44.2 Å². The quantitative estimate of drug-likeness (QED) is 0.563. The SMILES string of the molecule is COc1cccc(CCc2cc(C)c(-c3ccc(C(F)(F)F)cc3OC)nn2)c1. The summed E-state index contributed by atoms with van der Waals surface area (Å²) in [6, 6.07) is 13.1. The summed E-state index contributed by atoms with van der Waals surface area (Å²) in [4.78, 5) is 0. The van der Waals surface area contributed by atoms with Gasteiger partial charge in [-0.1, -0.05) is 12.1 Å². The van der Waals surface area contributed by atoms with Crippen LogP contribution in [0.25, 0.3) is 11.3 Å². The standard InChI is InChI=1S/C22H21F3N2O2/c1-14-11-17(9-7-15-5-4-6-18(12-15)28-2)26-27-21(14)19-10-8-16(22(23,24)25)13-20(19)29-3/h4-6,8,10-13H,7,9H2,1-3H3. The third-order valence-corrected chi connectivity index (χ3v) is 4.62. The largest absolute Gasteiger partial charge is 0.497 e. The summed E-state index contributed by atoms with van der Waals surface area (Å²) in [5, 5.41) is 8.52. The van der Waals surface area contributed by atoms with Gasteiger partial charge in [0.1, 0.15) is 11.5 Å². The van der Waals surface area contributed by atoms with Crippen molar-refractivity contribution in [3.63, 3.8) is 0 Å². The third-order valence-electron chi connectivity index (χ3n) is 4.62. The Balaban J connectivity index is 1.82. The maximum absolute atomic E-state index is 13.0. The van der Waals surface area contributed by atoms with Gasteiger partial charge in [0.05, 0.1) is 31.2 Å². The van der Waals surface area contributed by atoms with Crippen molar-refractivity contribution in [2.45, 2.75) is 25.9 Å². The van der Waals surface area contributed by atoms with Gasteiger partial charge in [0.15, 0.2) is 0 Å². The zero-order valence-corrected chi connectivity index (χ0v) is 16.4. The number of nitrogens with zero attached hydrogens (tertiary/aromatic N) is 2. The number of alkyl halides is 3. The first-order valence-corrected chi connectivity index (χ1v) is 9.03. The van der Waals surface area contributed by atoms with Gasteiger partial charge in [-0.25, -0.2) is 0 Å². The van der Waals surface area contributed by atoms with Crippen LogP contribution in [0, 0.1) is 6.92 Å². The van der Waals surface area contributed by atoms with Crippen molar-refractivity contribution in [2.24, 2.45) is 0 Å². The van der Waals surface area contributed by atoms with Gasteiger partial charge in [-0.3, -0.25) is 0 Å². The Morgan fingerprint density at radius 2 is 1.69 bits per heavy atom. The first-order valence-electron chi connectivity index (χ1n) is 9.03. The molecule has 0 amide bonds. The molecule has 0 aliphatic carbocycles. The number of hydrogen-bond acceptors (Lipinski definition) is 4. The molecule has 7 heteroatoms. The molecular formula is C22H21F3N2O2. The lowest BCUT2D eigenvalue weighted by Gasteiger charge is -2.14. The average Bonchev–Trinajstić information content (AvgIpc) is 2.71. The Labute approximate surface area is 167 Å². The van der Waals surface area contributed by atoms with Gasteiger partial charge in [-0.05, 0) is 67.3 Å². The molecule has 0 saturated carbocycles. The molecule has 0 aliphatic rings. The lowest BCUT2D eigenvalue weighted by Crippen LogP contribution is -2.06. The van der Waals surface area contributed by atoms with Crippen LogP contribution in [0.4, 0.5) is 13.2 Å². The number of rotatable bonds is 6.